The molecule has 1 aromatic rings. The maximum Gasteiger partial charge on any atom is 0.0796 e. The molecule has 0 radical (unpaired) electrons. The first kappa shape index (κ1) is 12.5. The monoisotopic (exact) mass is 268 g/mol. The predicted octanol–water partition coefficient (Wildman–Crippen LogP) is 4.15. The molecule has 0 heterocycles. The summed E-state index contributed by atoms with van der Waals surface area (Å²) in [6.45, 7) is 7.85. The minimum Gasteiger partial charge on any atom is -0.388 e. The van der Waals surface area contributed by atoms with E-state index in [1.54, 1.807) is 0 Å². The van der Waals surface area contributed by atoms with Gasteiger partial charge in [-0.2, -0.15) is 0 Å². The molecule has 0 aliphatic carbocycles. The highest BCUT2D eigenvalue weighted by Crippen LogP contribution is 2.26. The Hall–Kier alpha value is -0.600. The number of aliphatic hydroxyl groups excluding tert-OH is 1. The SMILES string of the molecule is C=C(C)CCC(O)c1cc(Br)ccc1C. The topological polar surface area (TPSA) is 20.2 Å². The van der Waals surface area contributed by atoms with Gasteiger partial charge in [0.2, 0.25) is 0 Å². The van der Waals surface area contributed by atoms with Crippen molar-refractivity contribution in [3.8, 4) is 0 Å². The summed E-state index contributed by atoms with van der Waals surface area (Å²) in [6, 6.07) is 5.99. The fourth-order valence-corrected chi connectivity index (χ4v) is 1.89. The number of rotatable bonds is 4. The number of allylic oxidation sites excluding steroid dienone is 1. The largest absolute Gasteiger partial charge is 0.388 e. The van der Waals surface area contributed by atoms with Crippen LogP contribution < -0.4 is 0 Å². The van der Waals surface area contributed by atoms with Gasteiger partial charge in [0.25, 0.3) is 0 Å². The van der Waals surface area contributed by atoms with Gasteiger partial charge in [-0.15, -0.1) is 6.58 Å². The van der Waals surface area contributed by atoms with E-state index in [0.717, 1.165) is 34.0 Å². The number of benzene rings is 1. The molecule has 2 heteroatoms. The first-order chi connectivity index (χ1) is 7.00. The number of hydrogen-bond acceptors (Lipinski definition) is 1. The van der Waals surface area contributed by atoms with Crippen molar-refractivity contribution in [3.63, 3.8) is 0 Å². The summed E-state index contributed by atoms with van der Waals surface area (Å²) in [5.74, 6) is 0. The number of halogens is 1. The van der Waals surface area contributed by atoms with Crippen molar-refractivity contribution in [1.82, 2.24) is 0 Å². The van der Waals surface area contributed by atoms with E-state index in [1.807, 2.05) is 32.0 Å². The van der Waals surface area contributed by atoms with Gasteiger partial charge in [-0.3, -0.25) is 0 Å². The minimum atomic E-state index is -0.390. The number of hydrogen-bond donors (Lipinski definition) is 1. The lowest BCUT2D eigenvalue weighted by molar-refractivity contribution is 0.167. The van der Waals surface area contributed by atoms with E-state index >= 15 is 0 Å². The zero-order valence-electron chi connectivity index (χ0n) is 9.26. The number of aryl methyl sites for hydroxylation is 1. The normalized spacial score (nSPS) is 12.5. The Morgan fingerprint density at radius 2 is 2.20 bits per heavy atom. The Bertz CT molecular complexity index is 358. The van der Waals surface area contributed by atoms with Gasteiger partial charge in [0.05, 0.1) is 6.10 Å². The summed E-state index contributed by atoms with van der Waals surface area (Å²) in [5, 5.41) is 10.0. The molecule has 0 fully saturated rings. The molecule has 1 atom stereocenters. The molecule has 0 saturated carbocycles. The van der Waals surface area contributed by atoms with Crippen molar-refractivity contribution in [3.05, 3.63) is 46.0 Å². The lowest BCUT2D eigenvalue weighted by atomic mass is 9.99. The lowest BCUT2D eigenvalue weighted by Gasteiger charge is -2.14. The van der Waals surface area contributed by atoms with E-state index in [0.29, 0.717) is 0 Å². The van der Waals surface area contributed by atoms with Gasteiger partial charge in [0.15, 0.2) is 0 Å². The summed E-state index contributed by atoms with van der Waals surface area (Å²) >= 11 is 3.42. The van der Waals surface area contributed by atoms with E-state index in [4.69, 9.17) is 0 Å². The zero-order chi connectivity index (χ0) is 11.4. The van der Waals surface area contributed by atoms with Crippen LogP contribution in [0.2, 0.25) is 0 Å². The second kappa shape index (κ2) is 5.47. The maximum absolute atomic E-state index is 10.0. The fourth-order valence-electron chi connectivity index (χ4n) is 1.51. The highest BCUT2D eigenvalue weighted by Gasteiger charge is 2.10. The van der Waals surface area contributed by atoms with Gasteiger partial charge in [-0.25, -0.2) is 0 Å². The average Bonchev–Trinajstić information content (AvgIpc) is 2.18. The van der Waals surface area contributed by atoms with Crippen molar-refractivity contribution >= 4 is 15.9 Å². The minimum absolute atomic E-state index is 0.390. The Morgan fingerprint density at radius 1 is 1.53 bits per heavy atom. The van der Waals surface area contributed by atoms with Crippen molar-refractivity contribution in [2.45, 2.75) is 32.8 Å². The lowest BCUT2D eigenvalue weighted by Crippen LogP contribution is -2.00. The summed E-state index contributed by atoms with van der Waals surface area (Å²) in [4.78, 5) is 0. The first-order valence-electron chi connectivity index (χ1n) is 5.09. The van der Waals surface area contributed by atoms with Crippen molar-refractivity contribution in [1.29, 1.82) is 0 Å². The molecule has 0 aliphatic heterocycles. The van der Waals surface area contributed by atoms with Crippen LogP contribution in [0.15, 0.2) is 34.8 Å². The molecule has 1 unspecified atom stereocenters. The molecule has 0 saturated heterocycles. The van der Waals surface area contributed by atoms with Crippen LogP contribution in [-0.2, 0) is 0 Å². The Morgan fingerprint density at radius 3 is 2.80 bits per heavy atom. The van der Waals surface area contributed by atoms with E-state index in [1.165, 1.54) is 0 Å². The highest BCUT2D eigenvalue weighted by molar-refractivity contribution is 9.10. The third kappa shape index (κ3) is 3.80. The quantitative estimate of drug-likeness (QED) is 0.814. The molecular formula is C13H17BrO. The van der Waals surface area contributed by atoms with Crippen LogP contribution in [0.4, 0.5) is 0 Å². The molecule has 1 N–H and O–H groups in total. The summed E-state index contributed by atoms with van der Waals surface area (Å²) < 4.78 is 1.01. The van der Waals surface area contributed by atoms with Crippen LogP contribution in [0.25, 0.3) is 0 Å². The van der Waals surface area contributed by atoms with Gasteiger partial charge >= 0.3 is 0 Å². The van der Waals surface area contributed by atoms with Gasteiger partial charge in [0.1, 0.15) is 0 Å². The molecule has 15 heavy (non-hydrogen) atoms. The third-order valence-corrected chi connectivity index (χ3v) is 2.94. The van der Waals surface area contributed by atoms with Gasteiger partial charge in [-0.1, -0.05) is 27.6 Å². The van der Waals surface area contributed by atoms with Crippen LogP contribution >= 0.6 is 15.9 Å². The first-order valence-corrected chi connectivity index (χ1v) is 5.88. The molecule has 0 aliphatic rings. The highest BCUT2D eigenvalue weighted by atomic mass is 79.9. The van der Waals surface area contributed by atoms with Crippen LogP contribution in [0.5, 0.6) is 0 Å². The molecular weight excluding hydrogens is 252 g/mol. The predicted molar refractivity (Wildman–Crippen MR) is 67.9 cm³/mol. The smallest absolute Gasteiger partial charge is 0.0796 e. The molecule has 1 rings (SSSR count). The molecule has 0 bridgehead atoms. The maximum atomic E-state index is 10.0. The van der Waals surface area contributed by atoms with Crippen LogP contribution in [0.3, 0.4) is 0 Å². The van der Waals surface area contributed by atoms with Gasteiger partial charge in [-0.05, 0) is 49.9 Å². The standard InChI is InChI=1S/C13H17BrO/c1-9(2)4-7-13(15)12-8-11(14)6-5-10(12)3/h5-6,8,13,15H,1,4,7H2,2-3H3. The summed E-state index contributed by atoms with van der Waals surface area (Å²) in [5.41, 5.74) is 3.25. The summed E-state index contributed by atoms with van der Waals surface area (Å²) in [6.07, 6.45) is 1.22. The Labute approximate surface area is 100.0 Å². The Balaban J connectivity index is 2.76. The van der Waals surface area contributed by atoms with E-state index in [2.05, 4.69) is 22.5 Å². The number of aliphatic hydroxyl groups is 1. The van der Waals surface area contributed by atoms with Crippen LogP contribution in [-0.4, -0.2) is 5.11 Å². The molecule has 82 valence electrons. The average molecular weight is 269 g/mol. The van der Waals surface area contributed by atoms with Gasteiger partial charge < -0.3 is 5.11 Å². The van der Waals surface area contributed by atoms with E-state index in [-0.39, 0.29) is 6.10 Å². The molecule has 1 nitrogen and oxygen atoms in total. The van der Waals surface area contributed by atoms with Crippen LogP contribution in [0, 0.1) is 6.92 Å². The summed E-state index contributed by atoms with van der Waals surface area (Å²) in [7, 11) is 0. The van der Waals surface area contributed by atoms with Crippen LogP contribution in [0.1, 0.15) is 37.0 Å². The molecule has 1 aromatic carbocycles. The molecule has 0 spiro atoms. The zero-order valence-corrected chi connectivity index (χ0v) is 10.8. The van der Waals surface area contributed by atoms with Crippen molar-refractivity contribution < 1.29 is 5.11 Å². The van der Waals surface area contributed by atoms with Gasteiger partial charge in [0, 0.05) is 4.47 Å². The molecule has 0 aromatic heterocycles. The second-order valence-corrected chi connectivity index (χ2v) is 4.93. The van der Waals surface area contributed by atoms with Crippen molar-refractivity contribution in [2.24, 2.45) is 0 Å². The second-order valence-electron chi connectivity index (χ2n) is 4.01. The third-order valence-electron chi connectivity index (χ3n) is 2.44. The van der Waals surface area contributed by atoms with E-state index in [9.17, 15) is 5.11 Å². The molecule has 0 amide bonds. The van der Waals surface area contributed by atoms with Crippen molar-refractivity contribution in [2.75, 3.05) is 0 Å². The Kier molecular flexibility index (Phi) is 4.55. The van der Waals surface area contributed by atoms with E-state index < -0.39 is 0 Å². The fraction of sp³-hybridized carbons (Fsp3) is 0.385.